The molecule has 0 amide bonds. The predicted molar refractivity (Wildman–Crippen MR) is 74.0 cm³/mol. The van der Waals surface area contributed by atoms with Crippen molar-refractivity contribution >= 4 is 0 Å². The van der Waals surface area contributed by atoms with Crippen LogP contribution in [0, 0.1) is 24.2 Å². The third kappa shape index (κ3) is 2.49. The molecule has 5 nitrogen and oxygen atoms in total. The second-order valence-corrected chi connectivity index (χ2v) is 4.54. The number of nitrogens with zero attached hydrogens (tertiary/aromatic N) is 5. The highest BCUT2D eigenvalue weighted by molar-refractivity contribution is 5.58. The van der Waals surface area contributed by atoms with Gasteiger partial charge in [-0.2, -0.15) is 9.65 Å². The molecule has 2 aromatic heterocycles. The van der Waals surface area contributed by atoms with E-state index in [-0.39, 0.29) is 0 Å². The lowest BCUT2D eigenvalue weighted by Crippen LogP contribution is -1.94. The minimum Gasteiger partial charge on any atom is -0.227 e. The van der Waals surface area contributed by atoms with Crippen LogP contribution >= 0.6 is 0 Å². The van der Waals surface area contributed by atoms with Crippen LogP contribution in [-0.2, 0) is 0 Å². The van der Waals surface area contributed by atoms with E-state index in [4.69, 9.17) is 5.26 Å². The van der Waals surface area contributed by atoms with Gasteiger partial charge >= 0.3 is 0 Å². The number of pyridine rings is 1. The summed E-state index contributed by atoms with van der Waals surface area (Å²) in [6.07, 6.45) is 3.13. The smallest absolute Gasteiger partial charge is 0.215 e. The minimum atomic E-state index is -0.493. The third-order valence-electron chi connectivity index (χ3n) is 3.04. The van der Waals surface area contributed by atoms with E-state index in [9.17, 15) is 4.39 Å². The first-order valence-corrected chi connectivity index (χ1v) is 6.23. The van der Waals surface area contributed by atoms with Crippen molar-refractivity contribution in [3.8, 4) is 23.0 Å². The van der Waals surface area contributed by atoms with Crippen molar-refractivity contribution in [1.29, 1.82) is 5.26 Å². The van der Waals surface area contributed by atoms with Gasteiger partial charge in [-0.15, -0.1) is 5.10 Å². The van der Waals surface area contributed by atoms with Gasteiger partial charge in [0.2, 0.25) is 5.95 Å². The number of aromatic nitrogens is 4. The molecular formula is C15H10FN5. The molecule has 0 radical (unpaired) electrons. The van der Waals surface area contributed by atoms with E-state index in [1.165, 1.54) is 6.20 Å². The SMILES string of the molecule is Cc1cc(-c2cn(-c3cccc(C#N)c3)nn2)cnc1F. The van der Waals surface area contributed by atoms with Gasteiger partial charge in [0, 0.05) is 17.3 Å². The molecule has 2 heterocycles. The van der Waals surface area contributed by atoms with Crippen molar-refractivity contribution in [1.82, 2.24) is 20.0 Å². The first-order valence-electron chi connectivity index (χ1n) is 6.23. The van der Waals surface area contributed by atoms with Crippen LogP contribution in [0.2, 0.25) is 0 Å². The van der Waals surface area contributed by atoms with Crippen LogP contribution < -0.4 is 0 Å². The molecule has 0 atom stereocenters. The van der Waals surface area contributed by atoms with E-state index >= 15 is 0 Å². The predicted octanol–water partition coefficient (Wildman–Crippen LogP) is 2.65. The molecule has 21 heavy (non-hydrogen) atoms. The number of rotatable bonds is 2. The maximum Gasteiger partial charge on any atom is 0.215 e. The Hall–Kier alpha value is -3.07. The Kier molecular flexibility index (Phi) is 3.16. The Labute approximate surface area is 120 Å². The standard InChI is InChI=1S/C15H10FN5/c1-10-5-12(8-18-15(10)16)14-9-21(20-19-14)13-4-2-3-11(6-13)7-17/h2-6,8-9H,1H3. The van der Waals surface area contributed by atoms with Crippen LogP contribution in [0.15, 0.2) is 42.7 Å². The van der Waals surface area contributed by atoms with Crippen LogP contribution in [0.25, 0.3) is 16.9 Å². The van der Waals surface area contributed by atoms with Gasteiger partial charge in [0.15, 0.2) is 0 Å². The maximum absolute atomic E-state index is 13.2. The highest BCUT2D eigenvalue weighted by Crippen LogP contribution is 2.19. The van der Waals surface area contributed by atoms with Gasteiger partial charge in [0.05, 0.1) is 23.5 Å². The summed E-state index contributed by atoms with van der Waals surface area (Å²) in [6.45, 7) is 1.65. The number of halogens is 1. The summed E-state index contributed by atoms with van der Waals surface area (Å²) < 4.78 is 14.7. The molecule has 6 heteroatoms. The highest BCUT2D eigenvalue weighted by atomic mass is 19.1. The van der Waals surface area contributed by atoms with Crippen molar-refractivity contribution in [2.75, 3.05) is 0 Å². The molecule has 0 fully saturated rings. The summed E-state index contributed by atoms with van der Waals surface area (Å²) >= 11 is 0. The van der Waals surface area contributed by atoms with E-state index in [1.54, 1.807) is 42.1 Å². The molecule has 0 spiro atoms. The van der Waals surface area contributed by atoms with Crippen molar-refractivity contribution in [2.45, 2.75) is 6.92 Å². The number of hydrogen-bond donors (Lipinski definition) is 0. The lowest BCUT2D eigenvalue weighted by molar-refractivity contribution is 0.575. The third-order valence-corrected chi connectivity index (χ3v) is 3.04. The molecule has 0 N–H and O–H groups in total. The van der Waals surface area contributed by atoms with Gasteiger partial charge < -0.3 is 0 Å². The number of aryl methyl sites for hydroxylation is 1. The molecule has 3 aromatic rings. The molecule has 0 saturated carbocycles. The van der Waals surface area contributed by atoms with Crippen molar-refractivity contribution in [3.63, 3.8) is 0 Å². The van der Waals surface area contributed by atoms with Crippen molar-refractivity contribution in [2.24, 2.45) is 0 Å². The summed E-state index contributed by atoms with van der Waals surface area (Å²) in [4.78, 5) is 3.68. The van der Waals surface area contributed by atoms with E-state index < -0.39 is 5.95 Å². The van der Waals surface area contributed by atoms with Gasteiger partial charge in [-0.3, -0.25) is 0 Å². The van der Waals surface area contributed by atoms with Crippen LogP contribution in [0.1, 0.15) is 11.1 Å². The van der Waals surface area contributed by atoms with E-state index in [0.29, 0.717) is 22.4 Å². The van der Waals surface area contributed by atoms with Gasteiger partial charge in [-0.1, -0.05) is 11.3 Å². The average molecular weight is 279 g/mol. The summed E-state index contributed by atoms with van der Waals surface area (Å²) in [5.74, 6) is -0.493. The lowest BCUT2D eigenvalue weighted by atomic mass is 10.2. The van der Waals surface area contributed by atoms with Crippen LogP contribution in [-0.4, -0.2) is 20.0 Å². The molecule has 0 bridgehead atoms. The lowest BCUT2D eigenvalue weighted by Gasteiger charge is -2.00. The fourth-order valence-corrected chi connectivity index (χ4v) is 1.94. The molecule has 1 aromatic carbocycles. The summed E-state index contributed by atoms with van der Waals surface area (Å²) in [5.41, 5.74) is 3.02. The zero-order valence-electron chi connectivity index (χ0n) is 11.2. The number of hydrogen-bond acceptors (Lipinski definition) is 4. The normalized spacial score (nSPS) is 10.3. The molecule has 0 saturated heterocycles. The zero-order valence-corrected chi connectivity index (χ0v) is 11.2. The van der Waals surface area contributed by atoms with Gasteiger partial charge in [0.25, 0.3) is 0 Å². The Balaban J connectivity index is 1.99. The Morgan fingerprint density at radius 3 is 2.90 bits per heavy atom. The first-order chi connectivity index (χ1) is 10.2. The van der Waals surface area contributed by atoms with E-state index in [1.807, 2.05) is 6.07 Å². The van der Waals surface area contributed by atoms with Gasteiger partial charge in [-0.25, -0.2) is 9.67 Å². The van der Waals surface area contributed by atoms with Crippen molar-refractivity contribution in [3.05, 3.63) is 59.8 Å². The van der Waals surface area contributed by atoms with E-state index in [2.05, 4.69) is 21.4 Å². The largest absolute Gasteiger partial charge is 0.227 e. The Morgan fingerprint density at radius 2 is 2.14 bits per heavy atom. The molecule has 3 rings (SSSR count). The van der Waals surface area contributed by atoms with E-state index in [0.717, 1.165) is 5.69 Å². The number of benzene rings is 1. The molecule has 0 aliphatic heterocycles. The summed E-state index contributed by atoms with van der Waals surface area (Å²) in [5, 5.41) is 17.0. The second-order valence-electron chi connectivity index (χ2n) is 4.54. The first kappa shape index (κ1) is 12.9. The molecule has 0 unspecified atom stereocenters. The zero-order chi connectivity index (χ0) is 14.8. The Morgan fingerprint density at radius 1 is 1.29 bits per heavy atom. The highest BCUT2D eigenvalue weighted by Gasteiger charge is 2.08. The average Bonchev–Trinajstić information content (AvgIpc) is 3.00. The molecule has 0 aliphatic carbocycles. The Bertz CT molecular complexity index is 847. The molecule has 0 aliphatic rings. The van der Waals surface area contributed by atoms with Crippen LogP contribution in [0.3, 0.4) is 0 Å². The quantitative estimate of drug-likeness (QED) is 0.676. The maximum atomic E-state index is 13.2. The van der Waals surface area contributed by atoms with Crippen LogP contribution in [0.5, 0.6) is 0 Å². The monoisotopic (exact) mass is 279 g/mol. The van der Waals surface area contributed by atoms with Crippen LogP contribution in [0.4, 0.5) is 4.39 Å². The minimum absolute atomic E-state index is 0.452. The summed E-state index contributed by atoms with van der Waals surface area (Å²) in [6, 6.07) is 10.8. The van der Waals surface area contributed by atoms with Gasteiger partial charge in [-0.05, 0) is 31.2 Å². The summed E-state index contributed by atoms with van der Waals surface area (Å²) in [7, 11) is 0. The molecular weight excluding hydrogens is 269 g/mol. The molecule has 102 valence electrons. The fourth-order valence-electron chi connectivity index (χ4n) is 1.94. The fraction of sp³-hybridized carbons (Fsp3) is 0.0667. The topological polar surface area (TPSA) is 67.4 Å². The van der Waals surface area contributed by atoms with Gasteiger partial charge in [0.1, 0.15) is 5.69 Å². The second kappa shape index (κ2) is 5.13. The van der Waals surface area contributed by atoms with Crippen molar-refractivity contribution < 1.29 is 4.39 Å². The number of nitriles is 1.